The molecule has 5 nitrogen and oxygen atoms in total. The van der Waals surface area contributed by atoms with Crippen LogP contribution in [0.3, 0.4) is 0 Å². The molecule has 0 fully saturated rings. The van der Waals surface area contributed by atoms with Gasteiger partial charge in [0.15, 0.2) is 0 Å². The smallest absolute Gasteiger partial charge is 0.255 e. The summed E-state index contributed by atoms with van der Waals surface area (Å²) in [5.41, 5.74) is 0.774. The van der Waals surface area contributed by atoms with Gasteiger partial charge in [0, 0.05) is 27.3 Å². The first-order chi connectivity index (χ1) is 11.7. The summed E-state index contributed by atoms with van der Waals surface area (Å²) in [5, 5.41) is 3.47. The Morgan fingerprint density at radius 1 is 1.08 bits per heavy atom. The summed E-state index contributed by atoms with van der Waals surface area (Å²) in [6, 6.07) is 10.2. The molecule has 0 heterocycles. The lowest BCUT2D eigenvalue weighted by Gasteiger charge is -2.12. The van der Waals surface area contributed by atoms with E-state index >= 15 is 0 Å². The van der Waals surface area contributed by atoms with Crippen LogP contribution in [0.2, 0.25) is 10.0 Å². The van der Waals surface area contributed by atoms with E-state index in [1.54, 1.807) is 25.1 Å². The Kier molecular flexibility index (Phi) is 6.46. The number of rotatable bonds is 6. The minimum atomic E-state index is -3.60. The Bertz CT molecular complexity index is 848. The molecule has 2 rings (SSSR count). The summed E-state index contributed by atoms with van der Waals surface area (Å²) in [6.45, 7) is 3.68. The van der Waals surface area contributed by atoms with E-state index < -0.39 is 15.9 Å². The van der Waals surface area contributed by atoms with Gasteiger partial charge in [-0.05, 0) is 55.8 Å². The van der Waals surface area contributed by atoms with Gasteiger partial charge in [-0.2, -0.15) is 0 Å². The number of halogens is 2. The summed E-state index contributed by atoms with van der Waals surface area (Å²) >= 11 is 11.8. The summed E-state index contributed by atoms with van der Waals surface area (Å²) < 4.78 is 27.0. The molecule has 0 aliphatic rings. The molecule has 1 atom stereocenters. The van der Waals surface area contributed by atoms with Gasteiger partial charge in [-0.15, -0.1) is 0 Å². The third-order valence-corrected chi connectivity index (χ3v) is 5.56. The van der Waals surface area contributed by atoms with Crippen molar-refractivity contribution in [3.8, 4) is 0 Å². The molecule has 0 saturated heterocycles. The van der Waals surface area contributed by atoms with E-state index in [4.69, 9.17) is 23.2 Å². The molecule has 2 aromatic rings. The molecule has 0 aliphatic carbocycles. The van der Waals surface area contributed by atoms with Crippen molar-refractivity contribution in [2.24, 2.45) is 0 Å². The molecule has 0 bridgehead atoms. The average Bonchev–Trinajstić information content (AvgIpc) is 2.53. The number of sulfonamides is 1. The molecule has 0 spiro atoms. The van der Waals surface area contributed by atoms with Gasteiger partial charge in [-0.3, -0.25) is 4.79 Å². The lowest BCUT2D eigenvalue weighted by Crippen LogP contribution is -2.32. The van der Waals surface area contributed by atoms with Crippen molar-refractivity contribution >= 4 is 44.8 Å². The number of hydrogen-bond acceptors (Lipinski definition) is 3. The quantitative estimate of drug-likeness (QED) is 0.757. The largest absolute Gasteiger partial charge is 0.322 e. The Balaban J connectivity index is 2.15. The Morgan fingerprint density at radius 3 is 2.16 bits per heavy atom. The number of nitrogens with one attached hydrogen (secondary N) is 2. The van der Waals surface area contributed by atoms with E-state index in [1.165, 1.54) is 24.3 Å². The SMILES string of the molecule is CCC(C)NS(=O)(=O)c1ccc(C(=O)Nc2cc(Cl)cc(Cl)c2)cc1. The van der Waals surface area contributed by atoms with Crippen LogP contribution >= 0.6 is 23.2 Å². The van der Waals surface area contributed by atoms with Gasteiger partial charge in [0.05, 0.1) is 4.90 Å². The molecule has 0 saturated carbocycles. The van der Waals surface area contributed by atoms with Crippen molar-refractivity contribution in [2.75, 3.05) is 5.32 Å². The predicted molar refractivity (Wildman–Crippen MR) is 101 cm³/mol. The lowest BCUT2D eigenvalue weighted by atomic mass is 10.2. The van der Waals surface area contributed by atoms with Crippen molar-refractivity contribution in [3.05, 3.63) is 58.1 Å². The molecule has 0 radical (unpaired) electrons. The maximum Gasteiger partial charge on any atom is 0.255 e. The van der Waals surface area contributed by atoms with E-state index in [0.717, 1.165) is 0 Å². The zero-order valence-electron chi connectivity index (χ0n) is 13.7. The minimum Gasteiger partial charge on any atom is -0.322 e. The fourth-order valence-electron chi connectivity index (χ4n) is 2.03. The Labute approximate surface area is 157 Å². The van der Waals surface area contributed by atoms with Crippen LogP contribution in [0, 0.1) is 0 Å². The lowest BCUT2D eigenvalue weighted by molar-refractivity contribution is 0.102. The first-order valence-electron chi connectivity index (χ1n) is 7.61. The van der Waals surface area contributed by atoms with Crippen molar-refractivity contribution in [2.45, 2.75) is 31.2 Å². The van der Waals surface area contributed by atoms with Crippen LogP contribution in [0.15, 0.2) is 47.4 Å². The second-order valence-corrected chi connectivity index (χ2v) is 8.15. The number of benzene rings is 2. The summed E-state index contributed by atoms with van der Waals surface area (Å²) in [4.78, 5) is 12.4. The van der Waals surface area contributed by atoms with Crippen LogP contribution < -0.4 is 10.0 Å². The van der Waals surface area contributed by atoms with Crippen molar-refractivity contribution < 1.29 is 13.2 Å². The zero-order chi connectivity index (χ0) is 18.6. The number of amides is 1. The first kappa shape index (κ1) is 19.7. The maximum atomic E-state index is 12.3. The third-order valence-electron chi connectivity index (χ3n) is 3.52. The van der Waals surface area contributed by atoms with Gasteiger partial charge in [0.25, 0.3) is 5.91 Å². The molecule has 2 aromatic carbocycles. The van der Waals surface area contributed by atoms with Gasteiger partial charge in [0.2, 0.25) is 10.0 Å². The highest BCUT2D eigenvalue weighted by atomic mass is 35.5. The number of anilines is 1. The fourth-order valence-corrected chi connectivity index (χ4v) is 3.88. The molecule has 134 valence electrons. The summed E-state index contributed by atoms with van der Waals surface area (Å²) in [7, 11) is -3.60. The highest BCUT2D eigenvalue weighted by Crippen LogP contribution is 2.23. The Hall–Kier alpha value is -1.60. The van der Waals surface area contributed by atoms with Crippen LogP contribution in [-0.4, -0.2) is 20.4 Å². The number of hydrogen-bond donors (Lipinski definition) is 2. The minimum absolute atomic E-state index is 0.107. The monoisotopic (exact) mass is 400 g/mol. The Morgan fingerprint density at radius 2 is 1.64 bits per heavy atom. The van der Waals surface area contributed by atoms with Crippen molar-refractivity contribution in [3.63, 3.8) is 0 Å². The van der Waals surface area contributed by atoms with Crippen molar-refractivity contribution in [1.29, 1.82) is 0 Å². The topological polar surface area (TPSA) is 75.3 Å². The first-order valence-corrected chi connectivity index (χ1v) is 9.85. The van der Waals surface area contributed by atoms with Crippen molar-refractivity contribution in [1.82, 2.24) is 4.72 Å². The number of carbonyl (C=O) groups excluding carboxylic acids is 1. The number of carbonyl (C=O) groups is 1. The van der Waals surface area contributed by atoms with E-state index in [0.29, 0.717) is 27.7 Å². The normalized spacial score (nSPS) is 12.6. The molecule has 8 heteroatoms. The van der Waals surface area contributed by atoms with Crippen LogP contribution in [-0.2, 0) is 10.0 Å². The third kappa shape index (κ3) is 5.44. The van der Waals surface area contributed by atoms with Gasteiger partial charge in [-0.25, -0.2) is 13.1 Å². The second kappa shape index (κ2) is 8.19. The van der Waals surface area contributed by atoms with E-state index in [2.05, 4.69) is 10.0 Å². The maximum absolute atomic E-state index is 12.3. The summed E-state index contributed by atoms with van der Waals surface area (Å²) in [6.07, 6.45) is 0.682. The van der Waals surface area contributed by atoms with E-state index in [1.807, 2.05) is 6.92 Å². The van der Waals surface area contributed by atoms with Crippen LogP contribution in [0.1, 0.15) is 30.6 Å². The highest BCUT2D eigenvalue weighted by molar-refractivity contribution is 7.89. The molecule has 1 amide bonds. The van der Waals surface area contributed by atoms with Crippen LogP contribution in [0.4, 0.5) is 5.69 Å². The second-order valence-electron chi connectivity index (χ2n) is 5.57. The standard InChI is InChI=1S/C17H18Cl2N2O3S/c1-3-11(2)21-25(23,24)16-6-4-12(5-7-16)17(22)20-15-9-13(18)8-14(19)10-15/h4-11,21H,3H2,1-2H3,(H,20,22). The van der Waals surface area contributed by atoms with Gasteiger partial charge in [-0.1, -0.05) is 30.1 Å². The van der Waals surface area contributed by atoms with E-state index in [-0.39, 0.29) is 10.9 Å². The molecule has 0 aromatic heterocycles. The van der Waals surface area contributed by atoms with E-state index in [9.17, 15) is 13.2 Å². The predicted octanol–water partition coefficient (Wildman–Crippen LogP) is 4.32. The fraction of sp³-hybridized carbons (Fsp3) is 0.235. The molecule has 2 N–H and O–H groups in total. The molecule has 25 heavy (non-hydrogen) atoms. The van der Waals surface area contributed by atoms with Gasteiger partial charge >= 0.3 is 0 Å². The van der Waals surface area contributed by atoms with Crippen LogP contribution in [0.5, 0.6) is 0 Å². The molecular weight excluding hydrogens is 383 g/mol. The molecule has 1 unspecified atom stereocenters. The van der Waals surface area contributed by atoms with Gasteiger partial charge < -0.3 is 5.32 Å². The van der Waals surface area contributed by atoms with Crippen LogP contribution in [0.25, 0.3) is 0 Å². The molecular formula is C17H18Cl2N2O3S. The zero-order valence-corrected chi connectivity index (χ0v) is 16.0. The van der Waals surface area contributed by atoms with Gasteiger partial charge in [0.1, 0.15) is 0 Å². The summed E-state index contributed by atoms with van der Waals surface area (Å²) in [5.74, 6) is -0.392. The highest BCUT2D eigenvalue weighted by Gasteiger charge is 2.17. The molecule has 0 aliphatic heterocycles. The average molecular weight is 401 g/mol.